The molecule has 2 atom stereocenters. The van der Waals surface area contributed by atoms with Crippen LogP contribution in [0.4, 0.5) is 0 Å². The number of halogens is 1. The molecule has 0 N–H and O–H groups in total. The van der Waals surface area contributed by atoms with Crippen LogP contribution in [0.1, 0.15) is 6.92 Å². The van der Waals surface area contributed by atoms with Gasteiger partial charge in [0.15, 0.2) is 5.78 Å². The van der Waals surface area contributed by atoms with Crippen LogP contribution in [0.25, 0.3) is 0 Å². The second-order valence-electron chi connectivity index (χ2n) is 2.80. The van der Waals surface area contributed by atoms with E-state index in [1.165, 1.54) is 0 Å². The van der Waals surface area contributed by atoms with Crippen molar-refractivity contribution in [3.63, 3.8) is 0 Å². The van der Waals surface area contributed by atoms with Crippen molar-refractivity contribution < 1.29 is 4.79 Å². The van der Waals surface area contributed by atoms with E-state index in [2.05, 4.69) is 0 Å². The number of rotatable bonds is 0. The predicted octanol–water partition coefficient (Wildman–Crippen LogP) is 1.88. The van der Waals surface area contributed by atoms with Crippen molar-refractivity contribution in [3.05, 3.63) is 22.8 Å². The standard InChI is InChI=1S/C8H7ClO/c1-4-5-2-3-6(10)7(5)8(4)9/h2-3,5,7H,1H3. The van der Waals surface area contributed by atoms with Crippen molar-refractivity contribution in [3.8, 4) is 0 Å². The van der Waals surface area contributed by atoms with Gasteiger partial charge in [0.2, 0.25) is 0 Å². The molecule has 0 aromatic rings. The fraction of sp³-hybridized carbons (Fsp3) is 0.375. The SMILES string of the molecule is CC1=C(Cl)C2C(=O)C=CC12. The Morgan fingerprint density at radius 2 is 2.30 bits per heavy atom. The normalized spacial score (nSPS) is 36.4. The molecular weight excluding hydrogens is 148 g/mol. The minimum atomic E-state index is 0.00154. The zero-order valence-corrected chi connectivity index (χ0v) is 6.35. The van der Waals surface area contributed by atoms with Crippen LogP contribution >= 0.6 is 11.6 Å². The van der Waals surface area contributed by atoms with Gasteiger partial charge in [-0.2, -0.15) is 0 Å². The molecule has 0 saturated carbocycles. The van der Waals surface area contributed by atoms with Crippen LogP contribution < -0.4 is 0 Å². The van der Waals surface area contributed by atoms with E-state index >= 15 is 0 Å². The van der Waals surface area contributed by atoms with Crippen LogP contribution in [-0.2, 0) is 4.79 Å². The minimum absolute atomic E-state index is 0.00154. The van der Waals surface area contributed by atoms with Crippen molar-refractivity contribution in [2.45, 2.75) is 6.92 Å². The number of hydrogen-bond donors (Lipinski definition) is 0. The molecule has 10 heavy (non-hydrogen) atoms. The highest BCUT2D eigenvalue weighted by atomic mass is 35.5. The zero-order valence-electron chi connectivity index (χ0n) is 5.60. The third-order valence-corrected chi connectivity index (χ3v) is 2.82. The highest BCUT2D eigenvalue weighted by Gasteiger charge is 2.42. The minimum Gasteiger partial charge on any atom is -0.294 e. The van der Waals surface area contributed by atoms with Gasteiger partial charge < -0.3 is 0 Å². The largest absolute Gasteiger partial charge is 0.294 e. The summed E-state index contributed by atoms with van der Waals surface area (Å²) in [5.74, 6) is 0.502. The summed E-state index contributed by atoms with van der Waals surface area (Å²) in [4.78, 5) is 11.0. The van der Waals surface area contributed by atoms with Crippen molar-refractivity contribution >= 4 is 17.4 Å². The van der Waals surface area contributed by atoms with Gasteiger partial charge in [-0.15, -0.1) is 0 Å². The lowest BCUT2D eigenvalue weighted by molar-refractivity contribution is -0.117. The monoisotopic (exact) mass is 154 g/mol. The molecule has 2 rings (SSSR count). The van der Waals surface area contributed by atoms with E-state index in [0.717, 1.165) is 10.6 Å². The second-order valence-corrected chi connectivity index (χ2v) is 3.20. The van der Waals surface area contributed by atoms with Crippen molar-refractivity contribution in [1.82, 2.24) is 0 Å². The Morgan fingerprint density at radius 3 is 2.90 bits per heavy atom. The number of fused-ring (bicyclic) bond motifs is 1. The molecule has 52 valence electrons. The molecule has 0 spiro atoms. The topological polar surface area (TPSA) is 17.1 Å². The third kappa shape index (κ3) is 0.517. The number of ketones is 1. The number of carbonyl (C=O) groups excluding carboxylic acids is 1. The quantitative estimate of drug-likeness (QED) is 0.521. The summed E-state index contributed by atoms with van der Waals surface area (Å²) in [5.41, 5.74) is 1.16. The van der Waals surface area contributed by atoms with Gasteiger partial charge in [-0.05, 0) is 13.0 Å². The van der Waals surface area contributed by atoms with E-state index in [4.69, 9.17) is 11.6 Å². The number of carbonyl (C=O) groups is 1. The Bertz CT molecular complexity index is 258. The molecular formula is C8H7ClO. The molecule has 2 aliphatic carbocycles. The van der Waals surface area contributed by atoms with Crippen LogP contribution in [-0.4, -0.2) is 5.78 Å². The molecule has 2 heteroatoms. The van der Waals surface area contributed by atoms with Crippen molar-refractivity contribution in [2.24, 2.45) is 11.8 Å². The lowest BCUT2D eigenvalue weighted by atomic mass is 9.77. The lowest BCUT2D eigenvalue weighted by Gasteiger charge is -2.30. The van der Waals surface area contributed by atoms with Gasteiger partial charge >= 0.3 is 0 Å². The molecule has 0 aliphatic heterocycles. The average molecular weight is 155 g/mol. The van der Waals surface area contributed by atoms with Crippen LogP contribution in [0.5, 0.6) is 0 Å². The van der Waals surface area contributed by atoms with Gasteiger partial charge in [0.1, 0.15) is 0 Å². The maximum Gasteiger partial charge on any atom is 0.164 e. The van der Waals surface area contributed by atoms with E-state index in [0.29, 0.717) is 5.92 Å². The smallest absolute Gasteiger partial charge is 0.164 e. The maximum absolute atomic E-state index is 11.0. The summed E-state index contributed by atoms with van der Waals surface area (Å²) < 4.78 is 0. The average Bonchev–Trinajstić information content (AvgIpc) is 2.27. The van der Waals surface area contributed by atoms with Crippen LogP contribution in [0.2, 0.25) is 0 Å². The maximum atomic E-state index is 11.0. The summed E-state index contributed by atoms with van der Waals surface area (Å²) in [6.45, 7) is 1.98. The van der Waals surface area contributed by atoms with Gasteiger partial charge in [0, 0.05) is 11.0 Å². The van der Waals surface area contributed by atoms with E-state index in [1.54, 1.807) is 6.08 Å². The summed E-state index contributed by atoms with van der Waals surface area (Å²) in [6.07, 6.45) is 3.57. The first kappa shape index (κ1) is 6.17. The molecule has 0 aromatic heterocycles. The fourth-order valence-electron chi connectivity index (χ4n) is 1.58. The van der Waals surface area contributed by atoms with Crippen LogP contribution in [0, 0.1) is 11.8 Å². The van der Waals surface area contributed by atoms with Gasteiger partial charge in [-0.1, -0.05) is 23.3 Å². The molecule has 2 aliphatic rings. The van der Waals surface area contributed by atoms with Gasteiger partial charge in [-0.3, -0.25) is 4.79 Å². The Hall–Kier alpha value is -0.560. The molecule has 2 unspecified atom stereocenters. The van der Waals surface area contributed by atoms with Gasteiger partial charge in [0.05, 0.1) is 5.92 Å². The first-order chi connectivity index (χ1) is 4.72. The Morgan fingerprint density at radius 1 is 1.60 bits per heavy atom. The third-order valence-electron chi connectivity index (χ3n) is 2.28. The van der Waals surface area contributed by atoms with Crippen LogP contribution in [0.15, 0.2) is 22.8 Å². The highest BCUT2D eigenvalue weighted by Crippen LogP contribution is 2.47. The zero-order chi connectivity index (χ0) is 7.30. The van der Waals surface area contributed by atoms with E-state index in [1.807, 2.05) is 13.0 Å². The summed E-state index contributed by atoms with van der Waals surface area (Å²) in [5, 5.41) is 0.764. The second kappa shape index (κ2) is 1.73. The Labute approximate surface area is 64.4 Å². The van der Waals surface area contributed by atoms with E-state index in [-0.39, 0.29) is 11.7 Å². The molecule has 0 bridgehead atoms. The highest BCUT2D eigenvalue weighted by molar-refractivity contribution is 6.33. The molecule has 0 aromatic carbocycles. The summed E-state index contributed by atoms with van der Waals surface area (Å²) >= 11 is 5.81. The van der Waals surface area contributed by atoms with Gasteiger partial charge in [-0.25, -0.2) is 0 Å². The number of allylic oxidation sites excluding steroid dienone is 4. The molecule has 1 nitrogen and oxygen atoms in total. The van der Waals surface area contributed by atoms with E-state index < -0.39 is 0 Å². The summed E-state index contributed by atoms with van der Waals surface area (Å²) in [7, 11) is 0. The van der Waals surface area contributed by atoms with Crippen molar-refractivity contribution in [1.29, 1.82) is 0 Å². The van der Waals surface area contributed by atoms with E-state index in [9.17, 15) is 4.79 Å². The molecule has 0 saturated heterocycles. The van der Waals surface area contributed by atoms with Crippen LogP contribution in [0.3, 0.4) is 0 Å². The molecule has 0 amide bonds. The first-order valence-electron chi connectivity index (χ1n) is 3.30. The Balaban J connectivity index is 2.40. The molecule has 0 heterocycles. The summed E-state index contributed by atoms with van der Waals surface area (Å²) in [6, 6.07) is 0. The van der Waals surface area contributed by atoms with Crippen molar-refractivity contribution in [2.75, 3.05) is 0 Å². The fourth-order valence-corrected chi connectivity index (χ4v) is 1.94. The number of hydrogen-bond acceptors (Lipinski definition) is 1. The lowest BCUT2D eigenvalue weighted by Crippen LogP contribution is -2.27. The molecule has 0 fully saturated rings. The first-order valence-corrected chi connectivity index (χ1v) is 3.68. The molecule has 0 radical (unpaired) electrons. The predicted molar refractivity (Wildman–Crippen MR) is 39.7 cm³/mol. The van der Waals surface area contributed by atoms with Gasteiger partial charge in [0.25, 0.3) is 0 Å². The Kier molecular flexibility index (Phi) is 1.07.